The number of fused-ring (bicyclic) bond motifs is 1. The molecule has 3 rings (SSSR count). The van der Waals surface area contributed by atoms with E-state index in [1.807, 2.05) is 6.07 Å². The molecule has 0 atom stereocenters. The van der Waals surface area contributed by atoms with Crippen LogP contribution < -0.4 is 10.1 Å². The molecular weight excluding hydrogens is 351 g/mol. The van der Waals surface area contributed by atoms with Gasteiger partial charge in [-0.05, 0) is 54.7 Å². The van der Waals surface area contributed by atoms with Crippen LogP contribution in [0.4, 0.5) is 18.9 Å². The molecule has 0 spiro atoms. The SMILES string of the molecule is O=C(CSc1ccc2c(c1)CCC2)Nc1ccccc1OC(F)(F)F. The Labute approximate surface area is 147 Å². The molecule has 132 valence electrons. The van der Waals surface area contributed by atoms with Crippen molar-refractivity contribution in [3.8, 4) is 5.75 Å². The Balaban J connectivity index is 1.60. The number of hydrogen-bond acceptors (Lipinski definition) is 3. The molecule has 0 bridgehead atoms. The average Bonchev–Trinajstić information content (AvgIpc) is 3.01. The molecule has 2 aromatic carbocycles. The molecule has 0 radical (unpaired) electrons. The molecule has 2 aromatic rings. The van der Waals surface area contributed by atoms with Crippen LogP contribution in [0.1, 0.15) is 17.5 Å². The van der Waals surface area contributed by atoms with Crippen LogP contribution in [0.25, 0.3) is 0 Å². The number of thioether (sulfide) groups is 1. The first-order valence-corrected chi connectivity index (χ1v) is 8.78. The second-order valence-electron chi connectivity index (χ2n) is 5.66. The highest BCUT2D eigenvalue weighted by Crippen LogP contribution is 2.31. The molecule has 0 saturated carbocycles. The quantitative estimate of drug-likeness (QED) is 0.771. The number of halogens is 3. The van der Waals surface area contributed by atoms with Gasteiger partial charge in [-0.25, -0.2) is 0 Å². The summed E-state index contributed by atoms with van der Waals surface area (Å²) in [5.74, 6) is -0.700. The van der Waals surface area contributed by atoms with Crippen molar-refractivity contribution in [3.63, 3.8) is 0 Å². The van der Waals surface area contributed by atoms with E-state index in [0.717, 1.165) is 30.2 Å². The van der Waals surface area contributed by atoms with Gasteiger partial charge in [0.1, 0.15) is 0 Å². The number of rotatable bonds is 5. The molecule has 0 aromatic heterocycles. The predicted octanol–water partition coefficient (Wildman–Crippen LogP) is 4.80. The first-order chi connectivity index (χ1) is 11.9. The van der Waals surface area contributed by atoms with Gasteiger partial charge in [-0.15, -0.1) is 24.9 Å². The number of aryl methyl sites for hydroxylation is 2. The third kappa shape index (κ3) is 4.92. The molecule has 7 heteroatoms. The van der Waals surface area contributed by atoms with Gasteiger partial charge in [0.15, 0.2) is 5.75 Å². The number of nitrogens with one attached hydrogen (secondary N) is 1. The van der Waals surface area contributed by atoms with Crippen molar-refractivity contribution in [1.82, 2.24) is 0 Å². The lowest BCUT2D eigenvalue weighted by molar-refractivity contribution is -0.274. The van der Waals surface area contributed by atoms with Crippen LogP contribution in [-0.2, 0) is 17.6 Å². The summed E-state index contributed by atoms with van der Waals surface area (Å²) in [6.07, 6.45) is -1.51. The van der Waals surface area contributed by atoms with E-state index in [9.17, 15) is 18.0 Å². The molecule has 1 aliphatic carbocycles. The zero-order valence-corrected chi connectivity index (χ0v) is 14.0. The maximum atomic E-state index is 12.4. The Hall–Kier alpha value is -2.15. The minimum absolute atomic E-state index is 0.000576. The number of para-hydroxylation sites is 2. The zero-order chi connectivity index (χ0) is 17.9. The Morgan fingerprint density at radius 1 is 1.12 bits per heavy atom. The molecule has 0 aliphatic heterocycles. The fourth-order valence-corrected chi connectivity index (χ4v) is 3.52. The summed E-state index contributed by atoms with van der Waals surface area (Å²) in [4.78, 5) is 13.1. The van der Waals surface area contributed by atoms with Crippen molar-refractivity contribution < 1.29 is 22.7 Å². The molecule has 0 unspecified atom stereocenters. The van der Waals surface area contributed by atoms with Gasteiger partial charge in [0.05, 0.1) is 11.4 Å². The number of alkyl halides is 3. The highest BCUT2D eigenvalue weighted by atomic mass is 32.2. The lowest BCUT2D eigenvalue weighted by Gasteiger charge is -2.13. The summed E-state index contributed by atoms with van der Waals surface area (Å²) < 4.78 is 41.1. The van der Waals surface area contributed by atoms with E-state index in [-0.39, 0.29) is 17.3 Å². The summed E-state index contributed by atoms with van der Waals surface area (Å²) in [6, 6.07) is 11.6. The van der Waals surface area contributed by atoms with Crippen molar-refractivity contribution in [2.45, 2.75) is 30.5 Å². The van der Waals surface area contributed by atoms with Gasteiger partial charge in [-0.1, -0.05) is 18.2 Å². The molecule has 0 heterocycles. The van der Waals surface area contributed by atoms with Crippen LogP contribution in [0.15, 0.2) is 47.4 Å². The molecule has 1 aliphatic rings. The normalized spacial score (nSPS) is 13.4. The largest absolute Gasteiger partial charge is 0.573 e. The minimum Gasteiger partial charge on any atom is -0.404 e. The van der Waals surface area contributed by atoms with Gasteiger partial charge in [-0.2, -0.15) is 0 Å². The number of benzene rings is 2. The van der Waals surface area contributed by atoms with Crippen LogP contribution in [0.3, 0.4) is 0 Å². The van der Waals surface area contributed by atoms with Crippen LogP contribution in [0.5, 0.6) is 5.75 Å². The molecule has 3 nitrogen and oxygen atoms in total. The summed E-state index contributed by atoms with van der Waals surface area (Å²) in [7, 11) is 0. The zero-order valence-electron chi connectivity index (χ0n) is 13.2. The molecule has 1 N–H and O–H groups in total. The maximum absolute atomic E-state index is 12.4. The number of anilines is 1. The van der Waals surface area contributed by atoms with Crippen molar-refractivity contribution in [2.75, 3.05) is 11.1 Å². The number of carbonyl (C=O) groups excluding carboxylic acids is 1. The van der Waals surface area contributed by atoms with E-state index in [1.165, 1.54) is 41.1 Å². The first-order valence-electron chi connectivity index (χ1n) is 7.80. The molecular formula is C18H16F3NO2S. The van der Waals surface area contributed by atoms with E-state index in [4.69, 9.17) is 0 Å². The number of hydrogen-bond donors (Lipinski definition) is 1. The van der Waals surface area contributed by atoms with Crippen LogP contribution >= 0.6 is 11.8 Å². The first kappa shape index (κ1) is 17.7. The lowest BCUT2D eigenvalue weighted by Crippen LogP contribution is -2.20. The van der Waals surface area contributed by atoms with Crippen LogP contribution in [-0.4, -0.2) is 18.0 Å². The number of carbonyl (C=O) groups is 1. The number of amides is 1. The Bertz CT molecular complexity index is 777. The van der Waals surface area contributed by atoms with Gasteiger partial charge >= 0.3 is 6.36 Å². The average molecular weight is 367 g/mol. The lowest BCUT2D eigenvalue weighted by atomic mass is 10.1. The summed E-state index contributed by atoms with van der Waals surface area (Å²) in [5, 5.41) is 2.47. The summed E-state index contributed by atoms with van der Waals surface area (Å²) >= 11 is 1.36. The third-order valence-corrected chi connectivity index (χ3v) is 4.82. The highest BCUT2D eigenvalue weighted by molar-refractivity contribution is 8.00. The monoisotopic (exact) mass is 367 g/mol. The van der Waals surface area contributed by atoms with Gasteiger partial charge < -0.3 is 10.1 Å². The Kier molecular flexibility index (Phi) is 5.22. The third-order valence-electron chi connectivity index (χ3n) is 3.83. The topological polar surface area (TPSA) is 38.3 Å². The standard InChI is InChI=1S/C18H16F3NO2S/c19-18(20,21)24-16-7-2-1-6-15(16)22-17(23)11-25-14-9-8-12-4-3-5-13(12)10-14/h1-2,6-10H,3-5,11H2,(H,22,23). The molecule has 0 saturated heterocycles. The van der Waals surface area contributed by atoms with Crippen LogP contribution in [0.2, 0.25) is 0 Å². The Morgan fingerprint density at radius 2 is 1.88 bits per heavy atom. The van der Waals surface area contributed by atoms with E-state index < -0.39 is 12.1 Å². The fourth-order valence-electron chi connectivity index (χ4n) is 2.76. The van der Waals surface area contributed by atoms with Gasteiger partial charge in [0, 0.05) is 4.90 Å². The van der Waals surface area contributed by atoms with E-state index in [0.29, 0.717) is 0 Å². The van der Waals surface area contributed by atoms with Crippen molar-refractivity contribution >= 4 is 23.4 Å². The Morgan fingerprint density at radius 3 is 2.68 bits per heavy atom. The van der Waals surface area contributed by atoms with E-state index in [2.05, 4.69) is 22.2 Å². The second kappa shape index (κ2) is 7.39. The minimum atomic E-state index is -4.81. The maximum Gasteiger partial charge on any atom is 0.573 e. The number of ether oxygens (including phenoxy) is 1. The predicted molar refractivity (Wildman–Crippen MR) is 90.9 cm³/mol. The fraction of sp³-hybridized carbons (Fsp3) is 0.278. The van der Waals surface area contributed by atoms with Gasteiger partial charge in [0.25, 0.3) is 0 Å². The van der Waals surface area contributed by atoms with Crippen molar-refractivity contribution in [1.29, 1.82) is 0 Å². The van der Waals surface area contributed by atoms with E-state index in [1.54, 1.807) is 0 Å². The highest BCUT2D eigenvalue weighted by Gasteiger charge is 2.32. The molecule has 1 amide bonds. The van der Waals surface area contributed by atoms with E-state index >= 15 is 0 Å². The molecule has 25 heavy (non-hydrogen) atoms. The van der Waals surface area contributed by atoms with Crippen LogP contribution in [0, 0.1) is 0 Å². The van der Waals surface area contributed by atoms with Gasteiger partial charge in [0.2, 0.25) is 5.91 Å². The van der Waals surface area contributed by atoms with Crippen molar-refractivity contribution in [3.05, 3.63) is 53.6 Å². The van der Waals surface area contributed by atoms with Gasteiger partial charge in [-0.3, -0.25) is 4.79 Å². The summed E-state index contributed by atoms with van der Waals surface area (Å²) in [6.45, 7) is 0. The molecule has 0 fully saturated rings. The second-order valence-corrected chi connectivity index (χ2v) is 6.71. The smallest absolute Gasteiger partial charge is 0.404 e. The van der Waals surface area contributed by atoms with Crippen molar-refractivity contribution in [2.24, 2.45) is 0 Å². The summed E-state index contributed by atoms with van der Waals surface area (Å²) in [5.41, 5.74) is 2.67.